The first kappa shape index (κ1) is 15.9. The standard InChI is InChI=1S/C18H21N5O/c1-13-4-3-11-23-12-15(21-17(13)23)9-10-20-18(19)22-14-5-7-16(24-2)8-6-14/h3-8,11-12H,9-10H2,1-2H3,(H3,19,20,22). The van der Waals surface area contributed by atoms with Gasteiger partial charge in [0.05, 0.1) is 12.8 Å². The van der Waals surface area contributed by atoms with Crippen molar-refractivity contribution in [3.63, 3.8) is 0 Å². The minimum atomic E-state index is 0.389. The SMILES string of the molecule is COc1ccc(NC(N)=NCCc2cn3cccc(C)c3n2)cc1. The quantitative estimate of drug-likeness (QED) is 0.559. The Hall–Kier alpha value is -3.02. The number of aryl methyl sites for hydroxylation is 1. The van der Waals surface area contributed by atoms with Crippen LogP contribution in [0.15, 0.2) is 53.8 Å². The Labute approximate surface area is 141 Å². The van der Waals surface area contributed by atoms with E-state index in [2.05, 4.69) is 28.3 Å². The molecule has 0 aliphatic heterocycles. The molecule has 0 saturated carbocycles. The second-order valence-electron chi connectivity index (χ2n) is 5.52. The first-order chi connectivity index (χ1) is 11.7. The maximum Gasteiger partial charge on any atom is 0.193 e. The molecule has 3 aromatic rings. The lowest BCUT2D eigenvalue weighted by atomic mass is 10.3. The predicted octanol–water partition coefficient (Wildman–Crippen LogP) is 2.62. The van der Waals surface area contributed by atoms with Gasteiger partial charge in [0.1, 0.15) is 11.4 Å². The van der Waals surface area contributed by atoms with Crippen LogP contribution in [0, 0.1) is 6.92 Å². The molecule has 0 fully saturated rings. The number of aliphatic imine (C=N–C) groups is 1. The lowest BCUT2D eigenvalue weighted by molar-refractivity contribution is 0.415. The van der Waals surface area contributed by atoms with Gasteiger partial charge in [-0.1, -0.05) is 6.07 Å². The van der Waals surface area contributed by atoms with Crippen LogP contribution in [0.1, 0.15) is 11.3 Å². The van der Waals surface area contributed by atoms with Gasteiger partial charge in [0.15, 0.2) is 5.96 Å². The van der Waals surface area contributed by atoms with E-state index in [4.69, 9.17) is 10.5 Å². The molecular weight excluding hydrogens is 302 g/mol. The van der Waals surface area contributed by atoms with Gasteiger partial charge in [0, 0.05) is 31.0 Å². The summed E-state index contributed by atoms with van der Waals surface area (Å²) in [7, 11) is 1.64. The first-order valence-electron chi connectivity index (χ1n) is 7.80. The Morgan fingerprint density at radius 2 is 2.08 bits per heavy atom. The van der Waals surface area contributed by atoms with Gasteiger partial charge in [-0.2, -0.15) is 0 Å². The molecule has 0 aliphatic rings. The van der Waals surface area contributed by atoms with Crippen LogP contribution in [0.3, 0.4) is 0 Å². The number of guanidine groups is 1. The van der Waals surface area contributed by atoms with Crippen LogP contribution in [-0.4, -0.2) is 29.0 Å². The van der Waals surface area contributed by atoms with E-state index in [9.17, 15) is 0 Å². The fraction of sp³-hybridized carbons (Fsp3) is 0.222. The fourth-order valence-corrected chi connectivity index (χ4v) is 2.48. The number of aromatic nitrogens is 2. The third kappa shape index (κ3) is 3.65. The molecule has 1 aromatic carbocycles. The van der Waals surface area contributed by atoms with Crippen LogP contribution in [0.25, 0.3) is 5.65 Å². The number of benzene rings is 1. The van der Waals surface area contributed by atoms with Crippen molar-refractivity contribution < 1.29 is 4.74 Å². The van der Waals surface area contributed by atoms with Crippen molar-refractivity contribution in [1.29, 1.82) is 0 Å². The van der Waals surface area contributed by atoms with Gasteiger partial charge in [-0.05, 0) is 42.8 Å². The average molecular weight is 323 g/mol. The lowest BCUT2D eigenvalue weighted by Crippen LogP contribution is -2.23. The molecular formula is C18H21N5O. The zero-order valence-electron chi connectivity index (χ0n) is 13.9. The largest absolute Gasteiger partial charge is 0.497 e. The van der Waals surface area contributed by atoms with Crippen LogP contribution in [-0.2, 0) is 6.42 Å². The average Bonchev–Trinajstić information content (AvgIpc) is 3.00. The van der Waals surface area contributed by atoms with Gasteiger partial charge in [0.25, 0.3) is 0 Å². The molecule has 3 rings (SSSR count). The van der Waals surface area contributed by atoms with Crippen LogP contribution < -0.4 is 15.8 Å². The number of pyridine rings is 1. The molecule has 0 atom stereocenters. The maximum absolute atomic E-state index is 5.92. The molecule has 2 aromatic heterocycles. The van der Waals surface area contributed by atoms with Gasteiger partial charge in [-0.3, -0.25) is 4.99 Å². The van der Waals surface area contributed by atoms with Gasteiger partial charge in [0.2, 0.25) is 0 Å². The Bertz CT molecular complexity index is 851. The van der Waals surface area contributed by atoms with Crippen molar-refractivity contribution >= 4 is 17.3 Å². The van der Waals surface area contributed by atoms with Crippen molar-refractivity contribution in [3.8, 4) is 5.75 Å². The number of imidazole rings is 1. The van der Waals surface area contributed by atoms with Gasteiger partial charge in [-0.25, -0.2) is 4.98 Å². The second kappa shape index (κ2) is 7.04. The number of hydrogen-bond donors (Lipinski definition) is 2. The number of nitrogens with zero attached hydrogens (tertiary/aromatic N) is 3. The summed E-state index contributed by atoms with van der Waals surface area (Å²) in [4.78, 5) is 8.98. The van der Waals surface area contributed by atoms with Crippen LogP contribution in [0.2, 0.25) is 0 Å². The number of hydrogen-bond acceptors (Lipinski definition) is 3. The summed E-state index contributed by atoms with van der Waals surface area (Å²) >= 11 is 0. The van der Waals surface area contributed by atoms with Crippen LogP contribution in [0.4, 0.5) is 5.69 Å². The summed E-state index contributed by atoms with van der Waals surface area (Å²) in [6.07, 6.45) is 4.78. The predicted molar refractivity (Wildman–Crippen MR) is 96.7 cm³/mol. The number of ether oxygens (including phenoxy) is 1. The van der Waals surface area contributed by atoms with E-state index in [1.807, 2.05) is 47.1 Å². The van der Waals surface area contributed by atoms with E-state index in [1.165, 1.54) is 0 Å². The lowest BCUT2D eigenvalue weighted by Gasteiger charge is -2.06. The van der Waals surface area contributed by atoms with E-state index in [1.54, 1.807) is 7.11 Å². The molecule has 0 spiro atoms. The molecule has 0 saturated heterocycles. The molecule has 0 unspecified atom stereocenters. The molecule has 124 valence electrons. The molecule has 6 nitrogen and oxygen atoms in total. The van der Waals surface area contributed by atoms with E-state index in [0.717, 1.165) is 34.8 Å². The van der Waals surface area contributed by atoms with Gasteiger partial charge < -0.3 is 20.2 Å². The summed E-state index contributed by atoms with van der Waals surface area (Å²) in [6.45, 7) is 2.64. The van der Waals surface area contributed by atoms with Crippen molar-refractivity contribution in [2.45, 2.75) is 13.3 Å². The Morgan fingerprint density at radius 1 is 1.29 bits per heavy atom. The highest BCUT2D eigenvalue weighted by Crippen LogP contribution is 2.14. The molecule has 0 bridgehead atoms. The molecule has 0 radical (unpaired) electrons. The van der Waals surface area contributed by atoms with E-state index in [-0.39, 0.29) is 0 Å². The summed E-state index contributed by atoms with van der Waals surface area (Å²) in [6, 6.07) is 11.6. The summed E-state index contributed by atoms with van der Waals surface area (Å²) in [5.74, 6) is 1.19. The van der Waals surface area contributed by atoms with Gasteiger partial charge >= 0.3 is 0 Å². The maximum atomic E-state index is 5.92. The highest BCUT2D eigenvalue weighted by molar-refractivity contribution is 5.92. The third-order valence-electron chi connectivity index (χ3n) is 3.74. The topological polar surface area (TPSA) is 76.9 Å². The summed E-state index contributed by atoms with van der Waals surface area (Å²) in [5, 5.41) is 3.06. The number of methoxy groups -OCH3 is 1. The van der Waals surface area contributed by atoms with Crippen molar-refractivity contribution in [2.24, 2.45) is 10.7 Å². The number of nitrogens with one attached hydrogen (secondary N) is 1. The first-order valence-corrected chi connectivity index (χ1v) is 7.80. The monoisotopic (exact) mass is 323 g/mol. The summed E-state index contributed by atoms with van der Waals surface area (Å²) < 4.78 is 7.16. The van der Waals surface area contributed by atoms with Crippen molar-refractivity contribution in [2.75, 3.05) is 19.0 Å². The summed E-state index contributed by atoms with van der Waals surface area (Å²) in [5.41, 5.74) is 9.95. The number of anilines is 1. The zero-order valence-corrected chi connectivity index (χ0v) is 13.9. The normalized spacial score (nSPS) is 11.7. The smallest absolute Gasteiger partial charge is 0.193 e. The van der Waals surface area contributed by atoms with Gasteiger partial charge in [-0.15, -0.1) is 0 Å². The fourth-order valence-electron chi connectivity index (χ4n) is 2.48. The van der Waals surface area contributed by atoms with E-state index >= 15 is 0 Å². The highest BCUT2D eigenvalue weighted by Gasteiger charge is 2.03. The van der Waals surface area contributed by atoms with Crippen LogP contribution >= 0.6 is 0 Å². The number of rotatable bonds is 5. The Morgan fingerprint density at radius 3 is 2.79 bits per heavy atom. The van der Waals surface area contributed by atoms with Crippen LogP contribution in [0.5, 0.6) is 5.75 Å². The zero-order chi connectivity index (χ0) is 16.9. The Kier molecular flexibility index (Phi) is 4.65. The number of fused-ring (bicyclic) bond motifs is 1. The second-order valence-corrected chi connectivity index (χ2v) is 5.52. The Balaban J connectivity index is 1.58. The molecule has 24 heavy (non-hydrogen) atoms. The third-order valence-corrected chi connectivity index (χ3v) is 3.74. The van der Waals surface area contributed by atoms with Crippen molar-refractivity contribution in [3.05, 3.63) is 60.0 Å². The molecule has 3 N–H and O–H groups in total. The molecule has 0 amide bonds. The van der Waals surface area contributed by atoms with E-state index < -0.39 is 0 Å². The minimum absolute atomic E-state index is 0.389. The molecule has 6 heteroatoms. The highest BCUT2D eigenvalue weighted by atomic mass is 16.5. The molecule has 2 heterocycles. The number of nitrogens with two attached hydrogens (primary N) is 1. The van der Waals surface area contributed by atoms with E-state index in [0.29, 0.717) is 12.5 Å². The van der Waals surface area contributed by atoms with Crippen molar-refractivity contribution in [1.82, 2.24) is 9.38 Å². The minimum Gasteiger partial charge on any atom is -0.497 e. The molecule has 0 aliphatic carbocycles.